The Morgan fingerprint density at radius 1 is 0.969 bits per heavy atom. The van der Waals surface area contributed by atoms with E-state index in [-0.39, 0.29) is 36.9 Å². The number of hydrogen-bond donors (Lipinski definition) is 3. The van der Waals surface area contributed by atoms with Crippen molar-refractivity contribution in [3.8, 4) is 0 Å². The minimum absolute atomic E-state index is 0.0324. The lowest BCUT2D eigenvalue weighted by molar-refractivity contribution is 0.0698. The maximum Gasteiger partial charge on any atom is 0.337 e. The number of aromatic carboxylic acids is 1. The second-order valence-corrected chi connectivity index (χ2v) is 10.2. The molecule has 0 atom stereocenters. The number of carbonyl (C=O) groups is 2. The third-order valence-electron chi connectivity index (χ3n) is 4.12. The van der Waals surface area contributed by atoms with Crippen molar-refractivity contribution in [1.29, 1.82) is 0 Å². The maximum absolute atomic E-state index is 13.3. The molecule has 0 heterocycles. The van der Waals surface area contributed by atoms with Crippen molar-refractivity contribution in [2.45, 2.75) is 4.90 Å². The molecule has 3 aromatic rings. The minimum Gasteiger partial charge on any atom is -0.478 e. The van der Waals surface area contributed by atoms with E-state index < -0.39 is 27.7 Å². The highest BCUT2D eigenvalue weighted by Crippen LogP contribution is 2.27. The first kappa shape index (κ1) is 24.2. The summed E-state index contributed by atoms with van der Waals surface area (Å²) in [7, 11) is -4.15. The monoisotopic (exact) mass is 604 g/mol. The second-order valence-electron chi connectivity index (χ2n) is 6.33. The molecule has 0 unspecified atom stereocenters. The van der Waals surface area contributed by atoms with Gasteiger partial charge in [0, 0.05) is 8.95 Å². The van der Waals surface area contributed by atoms with E-state index in [9.17, 15) is 27.5 Å². The molecular weight excluding hydrogens is 595 g/mol. The number of benzene rings is 3. The van der Waals surface area contributed by atoms with E-state index in [1.165, 1.54) is 30.3 Å². The number of sulfonamides is 1. The van der Waals surface area contributed by atoms with E-state index in [4.69, 9.17) is 11.6 Å². The Labute approximate surface area is 203 Å². The smallest absolute Gasteiger partial charge is 0.337 e. The second kappa shape index (κ2) is 9.57. The van der Waals surface area contributed by atoms with Crippen LogP contribution in [0.4, 0.5) is 15.8 Å². The number of carbonyl (C=O) groups excluding carboxylic acids is 1. The van der Waals surface area contributed by atoms with Gasteiger partial charge in [-0.3, -0.25) is 9.52 Å². The zero-order valence-corrected chi connectivity index (χ0v) is 20.4. The molecule has 0 fully saturated rings. The predicted molar refractivity (Wildman–Crippen MR) is 125 cm³/mol. The molecule has 0 aromatic heterocycles. The van der Waals surface area contributed by atoms with Crippen molar-refractivity contribution in [3.63, 3.8) is 0 Å². The summed E-state index contributed by atoms with van der Waals surface area (Å²) in [6.45, 7) is 0. The highest BCUT2D eigenvalue weighted by Gasteiger charge is 2.21. The van der Waals surface area contributed by atoms with Crippen LogP contribution in [-0.4, -0.2) is 25.4 Å². The molecule has 0 saturated carbocycles. The summed E-state index contributed by atoms with van der Waals surface area (Å²) in [5, 5.41) is 11.6. The largest absolute Gasteiger partial charge is 0.478 e. The molecule has 166 valence electrons. The van der Waals surface area contributed by atoms with Gasteiger partial charge >= 0.3 is 5.97 Å². The molecule has 1 amide bonds. The molecule has 0 aliphatic heterocycles. The van der Waals surface area contributed by atoms with Gasteiger partial charge in [-0.05, 0) is 70.5 Å². The van der Waals surface area contributed by atoms with Crippen molar-refractivity contribution < 1.29 is 27.5 Å². The molecule has 32 heavy (non-hydrogen) atoms. The van der Waals surface area contributed by atoms with Gasteiger partial charge in [0.05, 0.1) is 32.4 Å². The zero-order valence-electron chi connectivity index (χ0n) is 15.7. The summed E-state index contributed by atoms with van der Waals surface area (Å²) >= 11 is 12.0. The van der Waals surface area contributed by atoms with Crippen LogP contribution in [0.5, 0.6) is 0 Å². The van der Waals surface area contributed by atoms with Crippen LogP contribution in [0, 0.1) is 5.82 Å². The van der Waals surface area contributed by atoms with Crippen molar-refractivity contribution in [2.24, 2.45) is 0 Å². The molecule has 0 saturated heterocycles. The molecule has 0 bridgehead atoms. The molecule has 3 rings (SSSR count). The molecule has 0 spiro atoms. The quantitative estimate of drug-likeness (QED) is 0.331. The van der Waals surface area contributed by atoms with Gasteiger partial charge in [-0.25, -0.2) is 17.6 Å². The van der Waals surface area contributed by atoms with E-state index in [1.54, 1.807) is 6.07 Å². The number of halogens is 4. The first-order valence-corrected chi connectivity index (χ1v) is 12.0. The van der Waals surface area contributed by atoms with E-state index >= 15 is 0 Å². The number of carboxylic acids is 1. The van der Waals surface area contributed by atoms with Crippen LogP contribution in [0.2, 0.25) is 5.02 Å². The number of nitrogens with one attached hydrogen (secondary N) is 2. The van der Waals surface area contributed by atoms with Gasteiger partial charge in [-0.15, -0.1) is 0 Å². The topological polar surface area (TPSA) is 113 Å². The molecular formula is C20H12Br2ClFN2O5S. The summed E-state index contributed by atoms with van der Waals surface area (Å²) in [6.07, 6.45) is 0. The molecule has 3 aromatic carbocycles. The Hall–Kier alpha value is -2.47. The molecule has 7 nitrogen and oxygen atoms in total. The van der Waals surface area contributed by atoms with Crippen LogP contribution >= 0.6 is 43.5 Å². The lowest BCUT2D eigenvalue weighted by atomic mass is 10.1. The Bertz CT molecular complexity index is 1350. The first-order valence-electron chi connectivity index (χ1n) is 8.59. The van der Waals surface area contributed by atoms with Crippen molar-refractivity contribution >= 4 is 76.7 Å². The average Bonchev–Trinajstić information content (AvgIpc) is 2.71. The van der Waals surface area contributed by atoms with Crippen LogP contribution in [0.3, 0.4) is 0 Å². The molecule has 0 aliphatic carbocycles. The van der Waals surface area contributed by atoms with Gasteiger partial charge in [0.15, 0.2) is 0 Å². The van der Waals surface area contributed by atoms with Gasteiger partial charge < -0.3 is 10.4 Å². The standard InChI is InChI=1S/C20H12Br2ClFN2O5S/c21-10-1-6-18(14(7-10)20(28)29)25-19(27)13-9-12(3-4-15(13)22)32(30,31)26-11-2-5-17(24)16(23)8-11/h1-9,26H,(H,25,27)(H,28,29). The van der Waals surface area contributed by atoms with Gasteiger partial charge in [0.25, 0.3) is 15.9 Å². The predicted octanol–water partition coefficient (Wildman–Crippen LogP) is 5.76. The van der Waals surface area contributed by atoms with Crippen LogP contribution in [0.25, 0.3) is 0 Å². The third kappa shape index (κ3) is 5.47. The molecule has 12 heteroatoms. The third-order valence-corrected chi connectivity index (χ3v) is 6.98. The van der Waals surface area contributed by atoms with Gasteiger partial charge in [0.1, 0.15) is 5.82 Å². The summed E-state index contributed by atoms with van der Waals surface area (Å²) in [5.74, 6) is -2.69. The number of rotatable bonds is 6. The number of amides is 1. The van der Waals surface area contributed by atoms with Crippen LogP contribution in [-0.2, 0) is 10.0 Å². The van der Waals surface area contributed by atoms with E-state index in [2.05, 4.69) is 41.9 Å². The molecule has 0 aliphatic rings. The van der Waals surface area contributed by atoms with Crippen LogP contribution in [0.15, 0.2) is 68.4 Å². The Balaban J connectivity index is 1.92. The lowest BCUT2D eigenvalue weighted by Crippen LogP contribution is -2.17. The molecule has 0 radical (unpaired) electrons. The van der Waals surface area contributed by atoms with Gasteiger partial charge in [0.2, 0.25) is 0 Å². The highest BCUT2D eigenvalue weighted by atomic mass is 79.9. The summed E-state index contributed by atoms with van der Waals surface area (Å²) < 4.78 is 41.9. The van der Waals surface area contributed by atoms with Crippen molar-refractivity contribution in [3.05, 3.63) is 85.5 Å². The van der Waals surface area contributed by atoms with Gasteiger partial charge in [-0.2, -0.15) is 0 Å². The normalized spacial score (nSPS) is 11.1. The van der Waals surface area contributed by atoms with E-state index in [0.717, 1.165) is 18.2 Å². The highest BCUT2D eigenvalue weighted by molar-refractivity contribution is 9.10. The van der Waals surface area contributed by atoms with E-state index in [1.807, 2.05) is 0 Å². The minimum atomic E-state index is -4.15. The van der Waals surface area contributed by atoms with Crippen molar-refractivity contribution in [2.75, 3.05) is 10.0 Å². The Kier molecular flexibility index (Phi) is 7.23. The number of hydrogen-bond acceptors (Lipinski definition) is 4. The zero-order chi connectivity index (χ0) is 23.6. The fraction of sp³-hybridized carbons (Fsp3) is 0. The summed E-state index contributed by atoms with van der Waals surface area (Å²) in [5.41, 5.74) is -0.136. The summed E-state index contributed by atoms with van der Waals surface area (Å²) in [4.78, 5) is 24.0. The SMILES string of the molecule is O=C(Nc1ccc(Br)cc1C(=O)O)c1cc(S(=O)(=O)Nc2ccc(F)c(Cl)c2)ccc1Br. The van der Waals surface area contributed by atoms with Gasteiger partial charge in [-0.1, -0.05) is 27.5 Å². The Morgan fingerprint density at radius 2 is 1.69 bits per heavy atom. The fourth-order valence-corrected chi connectivity index (χ4v) is 4.65. The van der Waals surface area contributed by atoms with Crippen LogP contribution in [0.1, 0.15) is 20.7 Å². The molecule has 3 N–H and O–H groups in total. The number of anilines is 2. The summed E-state index contributed by atoms with van der Waals surface area (Å²) in [6, 6.07) is 11.3. The van der Waals surface area contributed by atoms with Crippen LogP contribution < -0.4 is 10.0 Å². The van der Waals surface area contributed by atoms with E-state index in [0.29, 0.717) is 4.47 Å². The first-order chi connectivity index (χ1) is 15.0. The fourth-order valence-electron chi connectivity index (χ4n) is 2.61. The lowest BCUT2D eigenvalue weighted by Gasteiger charge is -2.13. The number of carboxylic acid groups (broad SMARTS) is 1. The maximum atomic E-state index is 13.3. The average molecular weight is 607 g/mol. The van der Waals surface area contributed by atoms with Crippen molar-refractivity contribution in [1.82, 2.24) is 0 Å². The Morgan fingerprint density at radius 3 is 2.34 bits per heavy atom.